The van der Waals surface area contributed by atoms with E-state index in [-0.39, 0.29) is 22.8 Å². The zero-order valence-electron chi connectivity index (χ0n) is 16.8. The Hall–Kier alpha value is -4.05. The highest BCUT2D eigenvalue weighted by atomic mass is 16.5. The SMILES string of the molecule is CCCCN1C(=O)[C@@]2(C(C#N)=C(N)Oc3c2c(=O)oc2ccccc32)c2ccccc21. The molecule has 5 rings (SSSR count). The number of carbonyl (C=O) groups excluding carboxylic acids is 1. The molecule has 2 aliphatic heterocycles. The van der Waals surface area contributed by atoms with Crippen molar-refractivity contribution in [3.8, 4) is 11.8 Å². The number of carbonyl (C=O) groups is 1. The third kappa shape index (κ3) is 2.33. The Labute approximate surface area is 177 Å². The van der Waals surface area contributed by atoms with Crippen LogP contribution in [-0.2, 0) is 10.2 Å². The van der Waals surface area contributed by atoms with Gasteiger partial charge in [-0.25, -0.2) is 4.79 Å². The van der Waals surface area contributed by atoms with E-state index in [1.807, 2.05) is 19.1 Å². The molecule has 2 N–H and O–H groups in total. The summed E-state index contributed by atoms with van der Waals surface area (Å²) >= 11 is 0. The van der Waals surface area contributed by atoms with E-state index >= 15 is 0 Å². The van der Waals surface area contributed by atoms with Crippen molar-refractivity contribution in [2.24, 2.45) is 5.73 Å². The molecule has 0 radical (unpaired) electrons. The summed E-state index contributed by atoms with van der Waals surface area (Å²) in [7, 11) is 0. The van der Waals surface area contributed by atoms with Crippen molar-refractivity contribution in [2.45, 2.75) is 25.2 Å². The van der Waals surface area contributed by atoms with Crippen LogP contribution in [0.2, 0.25) is 0 Å². The lowest BCUT2D eigenvalue weighted by molar-refractivity contribution is -0.121. The Balaban J connectivity index is 1.94. The number of hydrogen-bond acceptors (Lipinski definition) is 6. The van der Waals surface area contributed by atoms with Gasteiger partial charge in [0.1, 0.15) is 22.8 Å². The fraction of sp³-hybridized carbons (Fsp3) is 0.208. The molecule has 3 heterocycles. The average molecular weight is 413 g/mol. The van der Waals surface area contributed by atoms with Gasteiger partial charge in [-0.3, -0.25) is 4.79 Å². The number of ether oxygens (including phenoxy) is 1. The Bertz CT molecular complexity index is 1380. The van der Waals surface area contributed by atoms with Gasteiger partial charge in [-0.15, -0.1) is 0 Å². The van der Waals surface area contributed by atoms with E-state index in [2.05, 4.69) is 6.07 Å². The van der Waals surface area contributed by atoms with Crippen molar-refractivity contribution >= 4 is 22.6 Å². The zero-order chi connectivity index (χ0) is 21.8. The number of para-hydroxylation sites is 2. The van der Waals surface area contributed by atoms with Gasteiger partial charge in [0, 0.05) is 17.8 Å². The maximum atomic E-state index is 14.1. The lowest BCUT2D eigenvalue weighted by Gasteiger charge is -2.33. The smallest absolute Gasteiger partial charge is 0.345 e. The Morgan fingerprint density at radius 2 is 1.87 bits per heavy atom. The molecule has 0 saturated heterocycles. The van der Waals surface area contributed by atoms with E-state index in [4.69, 9.17) is 14.9 Å². The quantitative estimate of drug-likeness (QED) is 0.660. The molecular formula is C24H19N3O4. The second-order valence-corrected chi connectivity index (χ2v) is 7.62. The molecule has 3 aromatic rings. The summed E-state index contributed by atoms with van der Waals surface area (Å²) in [6.07, 6.45) is 1.65. The molecule has 0 saturated carbocycles. The average Bonchev–Trinajstić information content (AvgIpc) is 3.01. The molecular weight excluding hydrogens is 394 g/mol. The first-order valence-electron chi connectivity index (χ1n) is 10.1. The number of benzene rings is 2. The van der Waals surface area contributed by atoms with Crippen molar-refractivity contribution in [1.29, 1.82) is 5.26 Å². The monoisotopic (exact) mass is 413 g/mol. The van der Waals surface area contributed by atoms with Crippen LogP contribution in [0.15, 0.2) is 69.2 Å². The minimum absolute atomic E-state index is 0.00611. The van der Waals surface area contributed by atoms with Crippen LogP contribution in [0.25, 0.3) is 11.0 Å². The van der Waals surface area contributed by atoms with E-state index in [1.165, 1.54) is 0 Å². The molecule has 31 heavy (non-hydrogen) atoms. The highest BCUT2D eigenvalue weighted by molar-refractivity contribution is 6.14. The van der Waals surface area contributed by atoms with Gasteiger partial charge in [-0.1, -0.05) is 43.7 Å². The number of nitrogens with zero attached hydrogens (tertiary/aromatic N) is 2. The van der Waals surface area contributed by atoms with Crippen LogP contribution in [0.3, 0.4) is 0 Å². The van der Waals surface area contributed by atoms with Gasteiger partial charge in [-0.2, -0.15) is 5.26 Å². The van der Waals surface area contributed by atoms with Crippen molar-refractivity contribution in [1.82, 2.24) is 0 Å². The number of fused-ring (bicyclic) bond motifs is 6. The Morgan fingerprint density at radius 1 is 1.13 bits per heavy atom. The van der Waals surface area contributed by atoms with Gasteiger partial charge < -0.3 is 19.8 Å². The maximum Gasteiger partial charge on any atom is 0.345 e. The molecule has 1 atom stereocenters. The van der Waals surface area contributed by atoms with E-state index in [0.29, 0.717) is 28.8 Å². The molecule has 7 heteroatoms. The maximum absolute atomic E-state index is 14.1. The van der Waals surface area contributed by atoms with Gasteiger partial charge in [0.05, 0.1) is 5.39 Å². The van der Waals surface area contributed by atoms with E-state index in [1.54, 1.807) is 41.3 Å². The number of rotatable bonds is 3. The first-order chi connectivity index (χ1) is 15.1. The summed E-state index contributed by atoms with van der Waals surface area (Å²) < 4.78 is 11.4. The lowest BCUT2D eigenvalue weighted by Crippen LogP contribution is -2.48. The van der Waals surface area contributed by atoms with Gasteiger partial charge in [-0.05, 0) is 24.6 Å². The predicted molar refractivity (Wildman–Crippen MR) is 114 cm³/mol. The fourth-order valence-corrected chi connectivity index (χ4v) is 4.64. The van der Waals surface area contributed by atoms with Crippen molar-refractivity contribution in [3.05, 3.63) is 81.5 Å². The summed E-state index contributed by atoms with van der Waals surface area (Å²) in [6, 6.07) is 16.1. The van der Waals surface area contributed by atoms with Gasteiger partial charge in [0.2, 0.25) is 11.8 Å². The predicted octanol–water partition coefficient (Wildman–Crippen LogP) is 3.31. The normalized spacial score (nSPS) is 19.4. The summed E-state index contributed by atoms with van der Waals surface area (Å²) in [5.41, 5.74) is 5.16. The third-order valence-electron chi connectivity index (χ3n) is 5.99. The molecule has 0 fully saturated rings. The molecule has 7 nitrogen and oxygen atoms in total. The van der Waals surface area contributed by atoms with Crippen LogP contribution in [0.5, 0.6) is 5.75 Å². The Kier molecular flexibility index (Phi) is 4.12. The zero-order valence-corrected chi connectivity index (χ0v) is 16.8. The van der Waals surface area contributed by atoms with Gasteiger partial charge >= 0.3 is 5.63 Å². The largest absolute Gasteiger partial charge is 0.439 e. The highest BCUT2D eigenvalue weighted by Gasteiger charge is 2.61. The summed E-state index contributed by atoms with van der Waals surface area (Å²) in [5, 5.41) is 10.6. The second-order valence-electron chi connectivity index (χ2n) is 7.62. The summed E-state index contributed by atoms with van der Waals surface area (Å²) in [5.74, 6) is -0.427. The molecule has 154 valence electrons. The summed E-state index contributed by atoms with van der Waals surface area (Å²) in [6.45, 7) is 2.49. The van der Waals surface area contributed by atoms with Crippen LogP contribution in [0, 0.1) is 11.3 Å². The lowest BCUT2D eigenvalue weighted by atomic mass is 9.69. The topological polar surface area (TPSA) is 110 Å². The number of hydrogen-bond donors (Lipinski definition) is 1. The highest BCUT2D eigenvalue weighted by Crippen LogP contribution is 2.55. The molecule has 2 aromatic carbocycles. The van der Waals surface area contributed by atoms with Crippen LogP contribution in [0.1, 0.15) is 30.9 Å². The first-order valence-corrected chi connectivity index (χ1v) is 10.1. The number of unbranched alkanes of at least 4 members (excludes halogenated alkanes) is 1. The third-order valence-corrected chi connectivity index (χ3v) is 5.99. The van der Waals surface area contributed by atoms with Gasteiger partial charge in [0.15, 0.2) is 11.2 Å². The molecule has 1 spiro atoms. The van der Waals surface area contributed by atoms with Crippen molar-refractivity contribution in [3.63, 3.8) is 0 Å². The van der Waals surface area contributed by atoms with E-state index < -0.39 is 16.9 Å². The minimum Gasteiger partial charge on any atom is -0.439 e. The number of nitriles is 1. The van der Waals surface area contributed by atoms with E-state index in [9.17, 15) is 14.9 Å². The number of anilines is 1. The standard InChI is InChI=1S/C24H19N3O4/c1-2-3-12-27-17-10-6-5-9-15(17)24(23(27)29)16(13-25)21(26)31-20-14-8-4-7-11-18(14)30-22(28)19(20)24/h4-11H,2-3,12,26H2,1H3/t24-/m1/s1. The number of amides is 1. The summed E-state index contributed by atoms with van der Waals surface area (Å²) in [4.78, 5) is 29.0. The fourth-order valence-electron chi connectivity index (χ4n) is 4.64. The molecule has 2 aliphatic rings. The van der Waals surface area contributed by atoms with Crippen LogP contribution >= 0.6 is 0 Å². The van der Waals surface area contributed by atoms with Crippen LogP contribution < -0.4 is 21.0 Å². The van der Waals surface area contributed by atoms with Gasteiger partial charge in [0.25, 0.3) is 0 Å². The molecule has 0 bridgehead atoms. The van der Waals surface area contributed by atoms with Crippen LogP contribution in [0.4, 0.5) is 5.69 Å². The molecule has 1 amide bonds. The van der Waals surface area contributed by atoms with E-state index in [0.717, 1.165) is 12.8 Å². The Morgan fingerprint density at radius 3 is 2.65 bits per heavy atom. The second kappa shape index (κ2) is 6.74. The van der Waals surface area contributed by atoms with Crippen molar-refractivity contribution < 1.29 is 13.9 Å². The minimum atomic E-state index is -1.71. The molecule has 0 unspecified atom stereocenters. The van der Waals surface area contributed by atoms with Crippen molar-refractivity contribution in [2.75, 3.05) is 11.4 Å². The molecule has 1 aromatic heterocycles. The molecule has 0 aliphatic carbocycles. The first kappa shape index (κ1) is 18.9. The number of nitrogens with two attached hydrogens (primary N) is 1. The van der Waals surface area contributed by atoms with Crippen LogP contribution in [-0.4, -0.2) is 12.5 Å².